The Bertz CT molecular complexity index is 691. The average Bonchev–Trinajstić information content (AvgIpc) is 2.51. The third-order valence-electron chi connectivity index (χ3n) is 3.85. The quantitative estimate of drug-likeness (QED) is 0.721. The second kappa shape index (κ2) is 7.25. The summed E-state index contributed by atoms with van der Waals surface area (Å²) in [5.41, 5.74) is 9.18. The fourth-order valence-corrected chi connectivity index (χ4v) is 2.39. The highest BCUT2D eigenvalue weighted by atomic mass is 16.4. The number of nitrogens with two attached hydrogens (primary N) is 1. The molecule has 0 saturated carbocycles. The molecule has 0 aromatic heterocycles. The highest BCUT2D eigenvalue weighted by Crippen LogP contribution is 2.20. The summed E-state index contributed by atoms with van der Waals surface area (Å²) >= 11 is 0. The number of nitrogens with zero attached hydrogens (tertiary/aromatic N) is 1. The van der Waals surface area contributed by atoms with Crippen molar-refractivity contribution in [2.75, 3.05) is 11.1 Å². The first-order valence-corrected chi connectivity index (χ1v) is 7.94. The lowest BCUT2D eigenvalue weighted by Crippen LogP contribution is -2.44. The van der Waals surface area contributed by atoms with Gasteiger partial charge in [0.05, 0.1) is 11.4 Å². The topological polar surface area (TPSA) is 78.6 Å². The van der Waals surface area contributed by atoms with Crippen LogP contribution in [0.15, 0.2) is 48.5 Å². The Morgan fingerprint density at radius 2 is 1.67 bits per heavy atom. The van der Waals surface area contributed by atoms with Crippen LogP contribution in [0.1, 0.15) is 31.9 Å². The lowest BCUT2D eigenvalue weighted by atomic mass is 10.0. The van der Waals surface area contributed by atoms with Gasteiger partial charge in [0, 0.05) is 18.6 Å². The van der Waals surface area contributed by atoms with Crippen molar-refractivity contribution in [2.24, 2.45) is 0 Å². The summed E-state index contributed by atoms with van der Waals surface area (Å²) < 4.78 is 0. The maximum Gasteiger partial charge on any atom is 0.408 e. The zero-order chi connectivity index (χ0) is 17.7. The number of amides is 1. The van der Waals surface area contributed by atoms with Gasteiger partial charge in [-0.25, -0.2) is 4.79 Å². The number of anilines is 2. The molecule has 0 aliphatic carbocycles. The van der Waals surface area contributed by atoms with Gasteiger partial charge in [-0.2, -0.15) is 0 Å². The number of nitrogens with one attached hydrogen (secondary N) is 1. The summed E-state index contributed by atoms with van der Waals surface area (Å²) in [5.74, 6) is 0. The van der Waals surface area contributed by atoms with Crippen molar-refractivity contribution in [3.8, 4) is 0 Å². The summed E-state index contributed by atoms with van der Waals surface area (Å²) in [7, 11) is 0. The number of para-hydroxylation sites is 2. The van der Waals surface area contributed by atoms with E-state index in [1.807, 2.05) is 69.3 Å². The molecule has 5 nitrogen and oxygen atoms in total. The van der Waals surface area contributed by atoms with Gasteiger partial charge < -0.3 is 16.2 Å². The highest BCUT2D eigenvalue weighted by Gasteiger charge is 2.25. The molecule has 0 atom stereocenters. The number of rotatable bonds is 5. The fraction of sp³-hybridized carbons (Fsp3) is 0.316. The summed E-state index contributed by atoms with van der Waals surface area (Å²) in [6.07, 6.45) is -0.909. The molecule has 1 amide bonds. The number of carboxylic acid groups (broad SMARTS) is 1. The van der Waals surface area contributed by atoms with E-state index in [0.717, 1.165) is 22.5 Å². The van der Waals surface area contributed by atoms with Crippen molar-refractivity contribution in [3.05, 3.63) is 59.7 Å². The Balaban J connectivity index is 2.00. The first-order valence-electron chi connectivity index (χ1n) is 7.94. The molecule has 0 unspecified atom stereocenters. The van der Waals surface area contributed by atoms with Crippen molar-refractivity contribution in [1.82, 2.24) is 4.90 Å². The molecule has 2 aromatic carbocycles. The lowest BCUT2D eigenvalue weighted by molar-refractivity contribution is 0.0955. The first kappa shape index (κ1) is 17.7. The summed E-state index contributed by atoms with van der Waals surface area (Å²) in [6, 6.07) is 15.6. The van der Waals surface area contributed by atoms with Crippen molar-refractivity contribution in [2.45, 2.75) is 39.4 Å². The van der Waals surface area contributed by atoms with Crippen molar-refractivity contribution in [1.29, 1.82) is 0 Å². The summed E-state index contributed by atoms with van der Waals surface area (Å²) in [5, 5.41) is 12.7. The third-order valence-corrected chi connectivity index (χ3v) is 3.85. The molecule has 0 fully saturated rings. The average molecular weight is 327 g/mol. The predicted octanol–water partition coefficient (Wildman–Crippen LogP) is 4.16. The Morgan fingerprint density at radius 1 is 1.08 bits per heavy atom. The van der Waals surface area contributed by atoms with Crippen LogP contribution >= 0.6 is 0 Å². The normalized spacial score (nSPS) is 11.1. The number of benzene rings is 2. The zero-order valence-electron chi connectivity index (χ0n) is 14.4. The second-order valence-corrected chi connectivity index (χ2v) is 6.80. The molecule has 2 aromatic rings. The number of hydrogen-bond donors (Lipinski definition) is 3. The van der Waals surface area contributed by atoms with E-state index >= 15 is 0 Å². The standard InChI is InChI=1S/C19H25N3O2/c1-19(2,3)22(18(23)24)13-15-10-8-14(9-11-15)12-21-17-7-5-4-6-16(17)20/h4-11,21H,12-13,20H2,1-3H3,(H,23,24). The molecular formula is C19H25N3O2. The van der Waals surface area contributed by atoms with Gasteiger partial charge in [0.25, 0.3) is 0 Å². The largest absolute Gasteiger partial charge is 0.465 e. The van der Waals surface area contributed by atoms with Gasteiger partial charge in [-0.05, 0) is 44.0 Å². The van der Waals surface area contributed by atoms with Crippen LogP contribution in [-0.2, 0) is 13.1 Å². The van der Waals surface area contributed by atoms with Crippen molar-refractivity contribution in [3.63, 3.8) is 0 Å². The maximum atomic E-state index is 11.4. The van der Waals surface area contributed by atoms with E-state index < -0.39 is 11.6 Å². The molecular weight excluding hydrogens is 302 g/mol. The molecule has 2 rings (SSSR count). The van der Waals surface area contributed by atoms with E-state index in [9.17, 15) is 9.90 Å². The molecule has 0 saturated heterocycles. The van der Waals surface area contributed by atoms with E-state index in [4.69, 9.17) is 5.73 Å². The molecule has 0 bridgehead atoms. The van der Waals surface area contributed by atoms with Crippen LogP contribution in [0.2, 0.25) is 0 Å². The number of nitrogen functional groups attached to an aromatic ring is 1. The number of hydrogen-bond acceptors (Lipinski definition) is 3. The highest BCUT2D eigenvalue weighted by molar-refractivity contribution is 5.66. The van der Waals surface area contributed by atoms with E-state index in [1.165, 1.54) is 4.90 Å². The fourth-order valence-electron chi connectivity index (χ4n) is 2.39. The van der Waals surface area contributed by atoms with Crippen LogP contribution in [0.3, 0.4) is 0 Å². The molecule has 0 aliphatic rings. The van der Waals surface area contributed by atoms with E-state index in [0.29, 0.717) is 13.1 Å². The van der Waals surface area contributed by atoms with Gasteiger partial charge >= 0.3 is 6.09 Å². The van der Waals surface area contributed by atoms with Gasteiger partial charge in [-0.15, -0.1) is 0 Å². The third kappa shape index (κ3) is 4.65. The Labute approximate surface area is 143 Å². The Morgan fingerprint density at radius 3 is 2.21 bits per heavy atom. The molecule has 4 N–H and O–H groups in total. The number of carbonyl (C=O) groups is 1. The first-order chi connectivity index (χ1) is 11.3. The summed E-state index contributed by atoms with van der Waals surface area (Å²) in [6.45, 7) is 6.71. The van der Waals surface area contributed by atoms with Crippen LogP contribution in [0.4, 0.5) is 16.2 Å². The van der Waals surface area contributed by atoms with Crippen LogP contribution in [0, 0.1) is 0 Å². The molecule has 5 heteroatoms. The maximum absolute atomic E-state index is 11.4. The van der Waals surface area contributed by atoms with Crippen LogP contribution < -0.4 is 11.1 Å². The molecule has 0 spiro atoms. The summed E-state index contributed by atoms with van der Waals surface area (Å²) in [4.78, 5) is 12.8. The van der Waals surface area contributed by atoms with Crippen molar-refractivity contribution < 1.29 is 9.90 Å². The lowest BCUT2D eigenvalue weighted by Gasteiger charge is -2.33. The SMILES string of the molecule is CC(C)(C)N(Cc1ccc(CNc2ccccc2N)cc1)C(=O)O. The van der Waals surface area contributed by atoms with Gasteiger partial charge in [0.2, 0.25) is 0 Å². The molecule has 0 radical (unpaired) electrons. The van der Waals surface area contributed by atoms with Crippen LogP contribution in [0.5, 0.6) is 0 Å². The Hall–Kier alpha value is -2.69. The molecule has 0 heterocycles. The smallest absolute Gasteiger partial charge is 0.408 e. The molecule has 128 valence electrons. The van der Waals surface area contributed by atoms with E-state index in [-0.39, 0.29) is 0 Å². The van der Waals surface area contributed by atoms with Crippen LogP contribution in [-0.4, -0.2) is 21.6 Å². The van der Waals surface area contributed by atoms with Gasteiger partial charge in [-0.1, -0.05) is 36.4 Å². The monoisotopic (exact) mass is 327 g/mol. The van der Waals surface area contributed by atoms with Crippen molar-refractivity contribution >= 4 is 17.5 Å². The van der Waals surface area contributed by atoms with Gasteiger partial charge in [0.15, 0.2) is 0 Å². The minimum Gasteiger partial charge on any atom is -0.465 e. The van der Waals surface area contributed by atoms with E-state index in [2.05, 4.69) is 5.32 Å². The van der Waals surface area contributed by atoms with E-state index in [1.54, 1.807) is 0 Å². The predicted molar refractivity (Wildman–Crippen MR) is 97.9 cm³/mol. The van der Waals surface area contributed by atoms with Gasteiger partial charge in [-0.3, -0.25) is 4.90 Å². The molecule has 0 aliphatic heterocycles. The van der Waals surface area contributed by atoms with Crippen LogP contribution in [0.25, 0.3) is 0 Å². The minimum absolute atomic E-state index is 0.373. The zero-order valence-corrected chi connectivity index (χ0v) is 14.4. The second-order valence-electron chi connectivity index (χ2n) is 6.80. The molecule has 24 heavy (non-hydrogen) atoms. The minimum atomic E-state index is -0.909. The Kier molecular flexibility index (Phi) is 5.34. The van der Waals surface area contributed by atoms with Gasteiger partial charge in [0.1, 0.15) is 0 Å².